The SMILES string of the molecule is Cc1ccc(C)c(NC(=O)Cn2nc(-c3cccc(Br)c3)ccc2=O)c1. The van der Waals surface area contributed by atoms with E-state index < -0.39 is 0 Å². The third kappa shape index (κ3) is 4.26. The number of aromatic nitrogens is 2. The molecule has 1 heterocycles. The molecule has 2 aromatic carbocycles. The van der Waals surface area contributed by atoms with Gasteiger partial charge in [0.15, 0.2) is 0 Å². The molecule has 5 nitrogen and oxygen atoms in total. The summed E-state index contributed by atoms with van der Waals surface area (Å²) < 4.78 is 2.10. The zero-order valence-corrected chi connectivity index (χ0v) is 16.1. The molecule has 0 saturated carbocycles. The van der Waals surface area contributed by atoms with E-state index in [0.29, 0.717) is 5.69 Å². The van der Waals surface area contributed by atoms with Crippen molar-refractivity contribution in [2.45, 2.75) is 20.4 Å². The molecule has 0 radical (unpaired) electrons. The van der Waals surface area contributed by atoms with Crippen LogP contribution < -0.4 is 10.9 Å². The van der Waals surface area contributed by atoms with Gasteiger partial charge < -0.3 is 5.32 Å². The summed E-state index contributed by atoms with van der Waals surface area (Å²) in [5.41, 5.74) is 3.93. The Hall–Kier alpha value is -2.73. The Morgan fingerprint density at radius 3 is 2.69 bits per heavy atom. The molecule has 6 heteroatoms. The minimum Gasteiger partial charge on any atom is -0.324 e. The molecule has 0 aliphatic rings. The number of amides is 1. The average molecular weight is 412 g/mol. The van der Waals surface area contributed by atoms with Gasteiger partial charge in [-0.15, -0.1) is 0 Å². The number of benzene rings is 2. The molecule has 3 rings (SSSR count). The molecule has 1 amide bonds. The van der Waals surface area contributed by atoms with Crippen molar-refractivity contribution in [2.75, 3.05) is 5.32 Å². The van der Waals surface area contributed by atoms with E-state index in [1.807, 2.05) is 56.3 Å². The van der Waals surface area contributed by atoms with E-state index in [1.54, 1.807) is 6.07 Å². The van der Waals surface area contributed by atoms with Crippen LogP contribution in [0.5, 0.6) is 0 Å². The van der Waals surface area contributed by atoms with Crippen molar-refractivity contribution in [2.24, 2.45) is 0 Å². The second kappa shape index (κ2) is 7.66. The molecule has 0 unspecified atom stereocenters. The number of hydrogen-bond acceptors (Lipinski definition) is 3. The lowest BCUT2D eigenvalue weighted by Crippen LogP contribution is -2.29. The molecule has 0 saturated heterocycles. The monoisotopic (exact) mass is 411 g/mol. The van der Waals surface area contributed by atoms with E-state index in [4.69, 9.17) is 0 Å². The molecule has 1 aromatic heterocycles. The molecule has 1 N–H and O–H groups in total. The second-order valence-corrected chi connectivity index (χ2v) is 7.01. The van der Waals surface area contributed by atoms with E-state index in [1.165, 1.54) is 10.7 Å². The van der Waals surface area contributed by atoms with E-state index in [2.05, 4.69) is 26.3 Å². The maximum Gasteiger partial charge on any atom is 0.267 e. The average Bonchev–Trinajstić information content (AvgIpc) is 2.60. The van der Waals surface area contributed by atoms with Crippen LogP contribution in [-0.4, -0.2) is 15.7 Å². The van der Waals surface area contributed by atoms with Gasteiger partial charge >= 0.3 is 0 Å². The van der Waals surface area contributed by atoms with Gasteiger partial charge in [-0.05, 0) is 49.2 Å². The first-order chi connectivity index (χ1) is 12.4. The van der Waals surface area contributed by atoms with Crippen molar-refractivity contribution in [3.05, 3.63) is 80.6 Å². The summed E-state index contributed by atoms with van der Waals surface area (Å²) in [6.45, 7) is 3.74. The molecule has 26 heavy (non-hydrogen) atoms. The summed E-state index contributed by atoms with van der Waals surface area (Å²) in [7, 11) is 0. The fraction of sp³-hybridized carbons (Fsp3) is 0.150. The van der Waals surface area contributed by atoms with E-state index in [0.717, 1.165) is 26.9 Å². The maximum absolute atomic E-state index is 12.4. The normalized spacial score (nSPS) is 10.6. The highest BCUT2D eigenvalue weighted by molar-refractivity contribution is 9.10. The number of anilines is 1. The highest BCUT2D eigenvalue weighted by Gasteiger charge is 2.10. The summed E-state index contributed by atoms with van der Waals surface area (Å²) in [5, 5.41) is 7.18. The summed E-state index contributed by atoms with van der Waals surface area (Å²) in [4.78, 5) is 24.5. The van der Waals surface area contributed by atoms with Crippen LogP contribution in [0.25, 0.3) is 11.3 Å². The Labute approximate surface area is 159 Å². The van der Waals surface area contributed by atoms with Crippen LogP contribution in [0.1, 0.15) is 11.1 Å². The van der Waals surface area contributed by atoms with E-state index in [-0.39, 0.29) is 18.0 Å². The third-order valence-electron chi connectivity index (χ3n) is 3.95. The number of hydrogen-bond donors (Lipinski definition) is 1. The largest absolute Gasteiger partial charge is 0.324 e. The highest BCUT2D eigenvalue weighted by atomic mass is 79.9. The fourth-order valence-electron chi connectivity index (χ4n) is 2.56. The Morgan fingerprint density at radius 1 is 1.12 bits per heavy atom. The van der Waals surface area contributed by atoms with Crippen molar-refractivity contribution < 1.29 is 4.79 Å². The van der Waals surface area contributed by atoms with Crippen molar-refractivity contribution in [1.29, 1.82) is 0 Å². The van der Waals surface area contributed by atoms with Crippen LogP contribution in [0.2, 0.25) is 0 Å². The van der Waals surface area contributed by atoms with Gasteiger partial charge in [-0.1, -0.05) is 40.2 Å². The molecule has 0 atom stereocenters. The molecule has 0 bridgehead atoms. The van der Waals surface area contributed by atoms with Gasteiger partial charge in [0.25, 0.3) is 5.56 Å². The Morgan fingerprint density at radius 2 is 1.92 bits per heavy atom. The lowest BCUT2D eigenvalue weighted by molar-refractivity contribution is -0.117. The lowest BCUT2D eigenvalue weighted by Gasteiger charge is -2.11. The number of carbonyl (C=O) groups excluding carboxylic acids is 1. The van der Waals surface area contributed by atoms with Gasteiger partial charge in [0.2, 0.25) is 5.91 Å². The van der Waals surface area contributed by atoms with Gasteiger partial charge in [-0.25, -0.2) is 4.68 Å². The molecule has 3 aromatic rings. The smallest absolute Gasteiger partial charge is 0.267 e. The van der Waals surface area contributed by atoms with Crippen LogP contribution in [0, 0.1) is 13.8 Å². The number of nitrogens with one attached hydrogen (secondary N) is 1. The first kappa shape index (κ1) is 18.1. The summed E-state index contributed by atoms with van der Waals surface area (Å²) in [6.07, 6.45) is 0. The van der Waals surface area contributed by atoms with Gasteiger partial charge in [-0.3, -0.25) is 9.59 Å². The highest BCUT2D eigenvalue weighted by Crippen LogP contribution is 2.20. The van der Waals surface area contributed by atoms with Crippen molar-refractivity contribution >= 4 is 27.5 Å². The molecule has 132 valence electrons. The summed E-state index contributed by atoms with van der Waals surface area (Å²) in [6, 6.07) is 16.5. The van der Waals surface area contributed by atoms with Crippen molar-refractivity contribution in [3.8, 4) is 11.3 Å². The summed E-state index contributed by atoms with van der Waals surface area (Å²) >= 11 is 3.42. The molecular formula is C20H18BrN3O2. The molecular weight excluding hydrogens is 394 g/mol. The number of halogens is 1. The minimum atomic E-state index is -0.320. The van der Waals surface area contributed by atoms with Gasteiger partial charge in [-0.2, -0.15) is 5.10 Å². The fourth-order valence-corrected chi connectivity index (χ4v) is 2.96. The minimum absolute atomic E-state index is 0.145. The molecule has 0 fully saturated rings. The van der Waals surface area contributed by atoms with Crippen LogP contribution in [0.4, 0.5) is 5.69 Å². The zero-order valence-electron chi connectivity index (χ0n) is 14.5. The van der Waals surface area contributed by atoms with Crippen LogP contribution in [0.3, 0.4) is 0 Å². The summed E-state index contributed by atoms with van der Waals surface area (Å²) in [5.74, 6) is -0.292. The number of nitrogens with zero attached hydrogens (tertiary/aromatic N) is 2. The van der Waals surface area contributed by atoms with Gasteiger partial charge in [0, 0.05) is 21.8 Å². The first-order valence-corrected chi connectivity index (χ1v) is 8.93. The molecule has 0 aliphatic carbocycles. The van der Waals surface area contributed by atoms with E-state index >= 15 is 0 Å². The predicted molar refractivity (Wildman–Crippen MR) is 106 cm³/mol. The Bertz CT molecular complexity index is 1030. The predicted octanol–water partition coefficient (Wildman–Crippen LogP) is 3.93. The molecule has 0 spiro atoms. The first-order valence-electron chi connectivity index (χ1n) is 8.13. The Kier molecular flexibility index (Phi) is 5.32. The Balaban J connectivity index is 1.83. The quantitative estimate of drug-likeness (QED) is 0.707. The van der Waals surface area contributed by atoms with Gasteiger partial charge in [0.05, 0.1) is 5.69 Å². The van der Waals surface area contributed by atoms with Crippen LogP contribution >= 0.6 is 15.9 Å². The van der Waals surface area contributed by atoms with E-state index in [9.17, 15) is 9.59 Å². The van der Waals surface area contributed by atoms with Crippen molar-refractivity contribution in [3.63, 3.8) is 0 Å². The number of aryl methyl sites for hydroxylation is 2. The lowest BCUT2D eigenvalue weighted by atomic mass is 10.1. The third-order valence-corrected chi connectivity index (χ3v) is 4.44. The maximum atomic E-state index is 12.4. The second-order valence-electron chi connectivity index (χ2n) is 6.09. The van der Waals surface area contributed by atoms with Crippen molar-refractivity contribution in [1.82, 2.24) is 9.78 Å². The van der Waals surface area contributed by atoms with Gasteiger partial charge in [0.1, 0.15) is 6.54 Å². The molecule has 0 aliphatic heterocycles. The topological polar surface area (TPSA) is 64.0 Å². The van der Waals surface area contributed by atoms with Crippen LogP contribution in [-0.2, 0) is 11.3 Å². The standard InChI is InChI=1S/C20H18BrN3O2/c1-13-6-7-14(2)18(10-13)22-19(25)12-24-20(26)9-8-17(23-24)15-4-3-5-16(21)11-15/h3-11H,12H2,1-2H3,(H,22,25). The van der Waals surface area contributed by atoms with Crippen LogP contribution in [0.15, 0.2) is 63.9 Å². The zero-order chi connectivity index (χ0) is 18.7. The number of rotatable bonds is 4. The number of carbonyl (C=O) groups is 1.